The van der Waals surface area contributed by atoms with Crippen LogP contribution in [0.25, 0.3) is 5.69 Å². The summed E-state index contributed by atoms with van der Waals surface area (Å²) < 4.78 is 6.32. The van der Waals surface area contributed by atoms with Crippen LogP contribution in [0.2, 0.25) is 0 Å². The predicted molar refractivity (Wildman–Crippen MR) is 69.7 cm³/mol. The molecule has 2 rings (SSSR count). The number of thioether (sulfide) groups is 1. The summed E-state index contributed by atoms with van der Waals surface area (Å²) in [6, 6.07) is 9.41. The second-order valence-corrected chi connectivity index (χ2v) is 4.30. The molecule has 0 saturated carbocycles. The maximum absolute atomic E-state index is 11.3. The Labute approximate surface area is 114 Å². The molecule has 0 unspecified atom stereocenters. The van der Waals surface area contributed by atoms with E-state index in [2.05, 4.69) is 21.4 Å². The molecule has 1 aromatic heterocycles. The Balaban J connectivity index is 2.01. The molecule has 0 bridgehead atoms. The summed E-state index contributed by atoms with van der Waals surface area (Å²) in [4.78, 5) is 11.3. The fraction of sp³-hybridized carbons (Fsp3) is 0.167. The monoisotopic (exact) mass is 274 g/mol. The van der Waals surface area contributed by atoms with Gasteiger partial charge in [-0.05, 0) is 22.6 Å². The summed E-state index contributed by atoms with van der Waals surface area (Å²) in [6.07, 6.45) is 5.00. The highest BCUT2D eigenvalue weighted by Gasteiger charge is 2.11. The van der Waals surface area contributed by atoms with Crippen LogP contribution in [-0.4, -0.2) is 38.5 Å². The summed E-state index contributed by atoms with van der Waals surface area (Å²) in [5.74, 6) is 1.94. The van der Waals surface area contributed by atoms with Gasteiger partial charge in [0.1, 0.15) is 0 Å². The molecule has 19 heavy (non-hydrogen) atoms. The molecule has 0 aliphatic heterocycles. The largest absolute Gasteiger partial charge is 0.452 e. The van der Waals surface area contributed by atoms with Crippen molar-refractivity contribution in [1.29, 1.82) is 0 Å². The zero-order valence-electron chi connectivity index (χ0n) is 9.89. The third-order valence-corrected chi connectivity index (χ3v) is 2.97. The Bertz CT molecular complexity index is 591. The lowest BCUT2D eigenvalue weighted by Gasteiger charge is -2.03. The van der Waals surface area contributed by atoms with Gasteiger partial charge in [-0.25, -0.2) is 0 Å². The van der Waals surface area contributed by atoms with Gasteiger partial charge in [0.2, 0.25) is 5.16 Å². The smallest absolute Gasteiger partial charge is 0.317 e. The lowest BCUT2D eigenvalue weighted by molar-refractivity contribution is -0.138. The summed E-state index contributed by atoms with van der Waals surface area (Å²) in [5, 5.41) is 11.9. The number of carbonyl (C=O) groups is 1. The molecular weight excluding hydrogens is 264 g/mol. The molecular formula is C12H10N4O2S. The van der Waals surface area contributed by atoms with Gasteiger partial charge in [0.15, 0.2) is 6.61 Å². The molecule has 1 heterocycles. The number of tetrazole rings is 1. The van der Waals surface area contributed by atoms with E-state index in [1.165, 1.54) is 11.8 Å². The Hall–Kier alpha value is -2.33. The number of ether oxygens (including phenoxy) is 1. The molecule has 0 atom stereocenters. The van der Waals surface area contributed by atoms with Crippen molar-refractivity contribution in [2.45, 2.75) is 5.16 Å². The first kappa shape index (κ1) is 13.1. The number of esters is 1. The number of rotatable bonds is 5. The molecule has 0 aliphatic rings. The minimum absolute atomic E-state index is 0.0248. The summed E-state index contributed by atoms with van der Waals surface area (Å²) in [7, 11) is 0. The molecule has 0 N–H and O–H groups in total. The highest BCUT2D eigenvalue weighted by Crippen LogP contribution is 2.17. The fourth-order valence-electron chi connectivity index (χ4n) is 1.29. The van der Waals surface area contributed by atoms with E-state index >= 15 is 0 Å². The summed E-state index contributed by atoms with van der Waals surface area (Å²) >= 11 is 1.19. The normalized spacial score (nSPS) is 9.84. The molecule has 0 saturated heterocycles. The van der Waals surface area contributed by atoms with Crippen LogP contribution in [0.4, 0.5) is 0 Å². The van der Waals surface area contributed by atoms with Crippen molar-refractivity contribution >= 4 is 17.7 Å². The Morgan fingerprint density at radius 1 is 1.42 bits per heavy atom. The van der Waals surface area contributed by atoms with Crippen LogP contribution in [0.5, 0.6) is 0 Å². The maximum atomic E-state index is 11.3. The van der Waals surface area contributed by atoms with Crippen molar-refractivity contribution < 1.29 is 9.53 Å². The van der Waals surface area contributed by atoms with E-state index < -0.39 is 5.97 Å². The minimum Gasteiger partial charge on any atom is -0.452 e. The molecule has 0 spiro atoms. The van der Waals surface area contributed by atoms with Crippen LogP contribution >= 0.6 is 11.8 Å². The molecule has 1 aromatic carbocycles. The topological polar surface area (TPSA) is 69.9 Å². The molecule has 96 valence electrons. The van der Waals surface area contributed by atoms with Gasteiger partial charge < -0.3 is 4.74 Å². The van der Waals surface area contributed by atoms with Gasteiger partial charge in [0.05, 0.1) is 11.4 Å². The Kier molecular flexibility index (Phi) is 4.53. The van der Waals surface area contributed by atoms with Crippen LogP contribution in [0.15, 0.2) is 35.5 Å². The standard InChI is InChI=1S/C12H10N4O2S/c1-2-8-18-11(17)9-19-12-13-14-15-16(12)10-6-4-3-5-7-10/h1,3-7H,8-9H2. The van der Waals surface area contributed by atoms with E-state index in [0.29, 0.717) is 5.16 Å². The molecule has 6 nitrogen and oxygen atoms in total. The highest BCUT2D eigenvalue weighted by atomic mass is 32.2. The minimum atomic E-state index is -0.398. The van der Waals surface area contributed by atoms with Crippen molar-refractivity contribution in [2.24, 2.45) is 0 Å². The number of benzene rings is 1. The first-order valence-corrected chi connectivity index (χ1v) is 6.35. The number of carbonyl (C=O) groups excluding carboxylic acids is 1. The van der Waals surface area contributed by atoms with E-state index in [9.17, 15) is 4.79 Å². The van der Waals surface area contributed by atoms with E-state index in [4.69, 9.17) is 11.2 Å². The van der Waals surface area contributed by atoms with Crippen molar-refractivity contribution in [3.63, 3.8) is 0 Å². The number of hydrogen-bond acceptors (Lipinski definition) is 6. The average molecular weight is 274 g/mol. The quantitative estimate of drug-likeness (QED) is 0.459. The fourth-order valence-corrected chi connectivity index (χ4v) is 1.98. The third kappa shape index (κ3) is 3.56. The van der Waals surface area contributed by atoms with Crippen LogP contribution < -0.4 is 0 Å². The number of para-hydroxylation sites is 1. The number of hydrogen-bond donors (Lipinski definition) is 0. The molecule has 2 aromatic rings. The summed E-state index contributed by atoms with van der Waals surface area (Å²) in [5.41, 5.74) is 0.826. The van der Waals surface area contributed by atoms with E-state index in [1.54, 1.807) is 4.68 Å². The van der Waals surface area contributed by atoms with Crippen LogP contribution in [0.1, 0.15) is 0 Å². The van der Waals surface area contributed by atoms with Crippen LogP contribution in [0.3, 0.4) is 0 Å². The van der Waals surface area contributed by atoms with Gasteiger partial charge >= 0.3 is 5.97 Å². The van der Waals surface area contributed by atoms with E-state index in [0.717, 1.165) is 5.69 Å². The van der Waals surface area contributed by atoms with Gasteiger partial charge in [-0.1, -0.05) is 35.9 Å². The predicted octanol–water partition coefficient (Wildman–Crippen LogP) is 0.931. The first-order chi connectivity index (χ1) is 9.31. The average Bonchev–Trinajstić information content (AvgIpc) is 2.92. The maximum Gasteiger partial charge on any atom is 0.317 e. The highest BCUT2D eigenvalue weighted by molar-refractivity contribution is 7.99. The molecule has 0 radical (unpaired) electrons. The number of aromatic nitrogens is 4. The van der Waals surface area contributed by atoms with Crippen LogP contribution in [0, 0.1) is 12.3 Å². The van der Waals surface area contributed by atoms with Gasteiger partial charge in [-0.2, -0.15) is 4.68 Å². The second-order valence-electron chi connectivity index (χ2n) is 3.36. The molecule has 0 aliphatic carbocycles. The lowest BCUT2D eigenvalue weighted by atomic mass is 10.3. The van der Waals surface area contributed by atoms with Crippen molar-refractivity contribution in [1.82, 2.24) is 20.2 Å². The van der Waals surface area contributed by atoms with Gasteiger partial charge in [0, 0.05) is 0 Å². The Morgan fingerprint density at radius 3 is 2.95 bits per heavy atom. The van der Waals surface area contributed by atoms with Crippen molar-refractivity contribution in [3.8, 4) is 18.0 Å². The number of nitrogens with zero attached hydrogens (tertiary/aromatic N) is 4. The number of terminal acetylenes is 1. The lowest BCUT2D eigenvalue weighted by Crippen LogP contribution is -2.08. The summed E-state index contributed by atoms with van der Waals surface area (Å²) in [6.45, 7) is -0.0248. The third-order valence-electron chi connectivity index (χ3n) is 2.08. The molecule has 7 heteroatoms. The van der Waals surface area contributed by atoms with Crippen LogP contribution in [-0.2, 0) is 9.53 Å². The molecule has 0 fully saturated rings. The SMILES string of the molecule is C#CCOC(=O)CSc1nnnn1-c1ccccc1. The first-order valence-electron chi connectivity index (χ1n) is 5.37. The van der Waals surface area contributed by atoms with Crippen molar-refractivity contribution in [3.05, 3.63) is 30.3 Å². The van der Waals surface area contributed by atoms with Crippen molar-refractivity contribution in [2.75, 3.05) is 12.4 Å². The van der Waals surface area contributed by atoms with Gasteiger partial charge in [-0.15, -0.1) is 11.5 Å². The van der Waals surface area contributed by atoms with Gasteiger partial charge in [0.25, 0.3) is 0 Å². The second kappa shape index (κ2) is 6.56. The zero-order chi connectivity index (χ0) is 13.5. The molecule has 0 amide bonds. The van der Waals surface area contributed by atoms with E-state index in [1.807, 2.05) is 30.3 Å². The zero-order valence-corrected chi connectivity index (χ0v) is 10.7. The van der Waals surface area contributed by atoms with E-state index in [-0.39, 0.29) is 12.4 Å². The van der Waals surface area contributed by atoms with Gasteiger partial charge in [-0.3, -0.25) is 4.79 Å². The Morgan fingerprint density at radius 2 is 2.21 bits per heavy atom.